The number of sulfonamides is 1. The Morgan fingerprint density at radius 3 is 2.52 bits per heavy atom. The summed E-state index contributed by atoms with van der Waals surface area (Å²) in [7, 11) is -2.45. The summed E-state index contributed by atoms with van der Waals surface area (Å²) in [5.74, 6) is -0.552. The molecule has 0 spiro atoms. The van der Waals surface area contributed by atoms with E-state index in [0.29, 0.717) is 17.8 Å². The Kier molecular flexibility index (Phi) is 6.77. The van der Waals surface area contributed by atoms with Gasteiger partial charge in [0.1, 0.15) is 0 Å². The normalized spacial score (nSPS) is 13.4. The summed E-state index contributed by atoms with van der Waals surface area (Å²) >= 11 is 0.714. The minimum atomic E-state index is -3.93. The van der Waals surface area contributed by atoms with Crippen molar-refractivity contribution < 1.29 is 13.2 Å². The van der Waals surface area contributed by atoms with Gasteiger partial charge in [-0.2, -0.15) is 4.99 Å². The highest BCUT2D eigenvalue weighted by molar-refractivity contribution is 8.93. The molecular formula is C12H16BrN5O3S2. The maximum atomic E-state index is 12.0. The molecule has 0 fully saturated rings. The molecule has 8 nitrogen and oxygen atoms in total. The standard InChI is InChI=1S/C12H15N5O3S2.BrH/c1-17-11(21-12(16-17)22(14,19)20)15-10(18)9(13)7-8-5-3-2-4-6-8;/h2-6,9H,7,13H2,1H3,(H2,14,19,20);1H/t9-;/m0./s1. The van der Waals surface area contributed by atoms with E-state index in [4.69, 9.17) is 10.9 Å². The van der Waals surface area contributed by atoms with Crippen molar-refractivity contribution in [2.75, 3.05) is 0 Å². The van der Waals surface area contributed by atoms with E-state index in [1.54, 1.807) is 0 Å². The molecule has 0 saturated heterocycles. The van der Waals surface area contributed by atoms with Gasteiger partial charge in [0.05, 0.1) is 6.04 Å². The number of nitrogens with two attached hydrogens (primary N) is 2. The Morgan fingerprint density at radius 1 is 1.39 bits per heavy atom. The molecule has 2 aromatic rings. The summed E-state index contributed by atoms with van der Waals surface area (Å²) in [6.07, 6.45) is 0.341. The summed E-state index contributed by atoms with van der Waals surface area (Å²) in [5.41, 5.74) is 6.74. The fourth-order valence-electron chi connectivity index (χ4n) is 1.67. The van der Waals surface area contributed by atoms with Crippen LogP contribution in [0.5, 0.6) is 0 Å². The average Bonchev–Trinajstić information content (AvgIpc) is 2.81. The predicted octanol–water partition coefficient (Wildman–Crippen LogP) is -0.296. The van der Waals surface area contributed by atoms with Crippen molar-refractivity contribution in [1.29, 1.82) is 0 Å². The van der Waals surface area contributed by atoms with Gasteiger partial charge in [0.15, 0.2) is 0 Å². The lowest BCUT2D eigenvalue weighted by Gasteiger charge is -2.06. The van der Waals surface area contributed by atoms with E-state index in [-0.39, 0.29) is 26.1 Å². The van der Waals surface area contributed by atoms with Gasteiger partial charge in [-0.15, -0.1) is 22.1 Å². The van der Waals surface area contributed by atoms with Crippen molar-refractivity contribution in [3.05, 3.63) is 40.7 Å². The topological polar surface area (TPSA) is 133 Å². The zero-order valence-corrected chi connectivity index (χ0v) is 15.5. The van der Waals surface area contributed by atoms with Crippen LogP contribution in [0, 0.1) is 0 Å². The van der Waals surface area contributed by atoms with Crippen LogP contribution in [0.15, 0.2) is 39.7 Å². The molecule has 0 unspecified atom stereocenters. The predicted molar refractivity (Wildman–Crippen MR) is 91.5 cm³/mol. The molecule has 0 aliphatic carbocycles. The zero-order chi connectivity index (χ0) is 16.3. The molecule has 4 N–H and O–H groups in total. The van der Waals surface area contributed by atoms with Crippen LogP contribution in [0.25, 0.3) is 0 Å². The van der Waals surface area contributed by atoms with Gasteiger partial charge in [-0.3, -0.25) is 4.79 Å². The number of benzene rings is 1. The van der Waals surface area contributed by atoms with Crippen molar-refractivity contribution in [2.24, 2.45) is 22.9 Å². The Labute approximate surface area is 147 Å². The van der Waals surface area contributed by atoms with Crippen LogP contribution < -0.4 is 15.7 Å². The van der Waals surface area contributed by atoms with Gasteiger partial charge >= 0.3 is 0 Å². The van der Waals surface area contributed by atoms with E-state index >= 15 is 0 Å². The summed E-state index contributed by atoms with van der Waals surface area (Å²) in [6, 6.07) is 8.48. The SMILES string of the molecule is Br.Cn1nc(S(N)(=O)=O)sc1=NC(=O)[C@@H](N)Cc1ccccc1. The molecule has 126 valence electrons. The van der Waals surface area contributed by atoms with Gasteiger partial charge in [0.2, 0.25) is 9.14 Å². The monoisotopic (exact) mass is 421 g/mol. The van der Waals surface area contributed by atoms with Crippen LogP contribution in [0.4, 0.5) is 0 Å². The van der Waals surface area contributed by atoms with Gasteiger partial charge < -0.3 is 5.73 Å². The lowest BCUT2D eigenvalue weighted by atomic mass is 10.1. The lowest BCUT2D eigenvalue weighted by molar-refractivity contribution is -0.119. The first kappa shape index (κ1) is 19.6. The third-order valence-electron chi connectivity index (χ3n) is 2.75. The third kappa shape index (κ3) is 5.32. The molecule has 2 rings (SSSR count). The van der Waals surface area contributed by atoms with Crippen molar-refractivity contribution in [3.63, 3.8) is 0 Å². The quantitative estimate of drug-likeness (QED) is 0.698. The summed E-state index contributed by atoms with van der Waals surface area (Å²) in [4.78, 5) is 16.0. The molecule has 11 heteroatoms. The van der Waals surface area contributed by atoms with Crippen LogP contribution >= 0.6 is 28.3 Å². The van der Waals surface area contributed by atoms with Crippen LogP contribution in [0.3, 0.4) is 0 Å². The van der Waals surface area contributed by atoms with Gasteiger partial charge in [-0.25, -0.2) is 18.2 Å². The highest BCUT2D eigenvalue weighted by Gasteiger charge is 2.17. The van der Waals surface area contributed by atoms with Crippen LogP contribution in [0.1, 0.15) is 5.56 Å². The minimum Gasteiger partial charge on any atom is -0.320 e. The largest absolute Gasteiger partial charge is 0.320 e. The molecule has 1 aromatic heterocycles. The Balaban J connectivity index is 0.00000264. The molecule has 1 heterocycles. The lowest BCUT2D eigenvalue weighted by Crippen LogP contribution is -2.33. The van der Waals surface area contributed by atoms with Crippen molar-refractivity contribution in [3.8, 4) is 0 Å². The molecule has 1 amide bonds. The van der Waals surface area contributed by atoms with Crippen molar-refractivity contribution in [1.82, 2.24) is 9.78 Å². The number of primary sulfonamides is 1. The second kappa shape index (κ2) is 7.93. The molecule has 1 atom stereocenters. The number of hydrogen-bond acceptors (Lipinski definition) is 6. The van der Waals surface area contributed by atoms with Crippen molar-refractivity contribution in [2.45, 2.75) is 16.8 Å². The number of nitrogens with zero attached hydrogens (tertiary/aromatic N) is 3. The second-order valence-corrected chi connectivity index (χ2v) is 7.26. The van der Waals surface area contributed by atoms with Gasteiger partial charge in [-0.1, -0.05) is 41.7 Å². The van der Waals surface area contributed by atoms with E-state index in [1.807, 2.05) is 30.3 Å². The molecule has 0 radical (unpaired) electrons. The van der Waals surface area contributed by atoms with E-state index < -0.39 is 22.0 Å². The minimum absolute atomic E-state index is 0. The highest BCUT2D eigenvalue weighted by atomic mass is 79.9. The van der Waals surface area contributed by atoms with Gasteiger partial charge in [0, 0.05) is 7.05 Å². The van der Waals surface area contributed by atoms with Crippen LogP contribution in [-0.2, 0) is 28.3 Å². The summed E-state index contributed by atoms with van der Waals surface area (Å²) in [6.45, 7) is 0. The Morgan fingerprint density at radius 2 is 2.00 bits per heavy atom. The van der Waals surface area contributed by atoms with Crippen LogP contribution in [0.2, 0.25) is 0 Å². The number of halogens is 1. The molecule has 0 aliphatic rings. The number of amides is 1. The number of carbonyl (C=O) groups excluding carboxylic acids is 1. The van der Waals surface area contributed by atoms with Crippen molar-refractivity contribution >= 4 is 44.2 Å². The van der Waals surface area contributed by atoms with Gasteiger partial charge in [-0.05, 0) is 12.0 Å². The molecular weight excluding hydrogens is 406 g/mol. The highest BCUT2D eigenvalue weighted by Crippen LogP contribution is 2.05. The summed E-state index contributed by atoms with van der Waals surface area (Å²) < 4.78 is 23.3. The van der Waals surface area contributed by atoms with E-state index in [2.05, 4.69) is 10.1 Å². The zero-order valence-electron chi connectivity index (χ0n) is 12.1. The van der Waals surface area contributed by atoms with Crippen LogP contribution in [-0.4, -0.2) is 30.1 Å². The first-order valence-corrected chi connectivity index (χ1v) is 8.58. The maximum absolute atomic E-state index is 12.0. The average molecular weight is 422 g/mol. The Bertz CT molecular complexity index is 845. The van der Waals surface area contributed by atoms with E-state index in [0.717, 1.165) is 5.56 Å². The molecule has 0 aliphatic heterocycles. The number of aromatic nitrogens is 2. The fourth-order valence-corrected chi connectivity index (χ4v) is 3.23. The molecule has 0 saturated carbocycles. The first-order chi connectivity index (χ1) is 10.3. The number of aryl methyl sites for hydroxylation is 1. The first-order valence-electron chi connectivity index (χ1n) is 6.22. The van der Waals surface area contributed by atoms with E-state index in [1.165, 1.54) is 11.7 Å². The second-order valence-electron chi connectivity index (χ2n) is 4.57. The number of hydrogen-bond donors (Lipinski definition) is 2. The third-order valence-corrected chi connectivity index (χ3v) is 5.06. The van der Waals surface area contributed by atoms with E-state index in [9.17, 15) is 13.2 Å². The number of rotatable bonds is 4. The smallest absolute Gasteiger partial charge is 0.267 e. The maximum Gasteiger partial charge on any atom is 0.267 e. The molecule has 1 aromatic carbocycles. The fraction of sp³-hybridized carbons (Fsp3) is 0.250. The molecule has 23 heavy (non-hydrogen) atoms. The Hall–Kier alpha value is -1.40. The number of carbonyl (C=O) groups is 1. The summed E-state index contributed by atoms with van der Waals surface area (Å²) in [5, 5.41) is 8.70. The molecule has 0 bridgehead atoms. The van der Waals surface area contributed by atoms with Gasteiger partial charge in [0.25, 0.3) is 15.9 Å².